The van der Waals surface area contributed by atoms with Gasteiger partial charge in [0.2, 0.25) is 21.8 Å². The van der Waals surface area contributed by atoms with Crippen LogP contribution < -0.4 is 9.62 Å². The van der Waals surface area contributed by atoms with Gasteiger partial charge in [0.15, 0.2) is 0 Å². The van der Waals surface area contributed by atoms with Crippen molar-refractivity contribution in [1.29, 1.82) is 0 Å². The van der Waals surface area contributed by atoms with Crippen molar-refractivity contribution < 1.29 is 18.0 Å². The molecule has 2 aromatic carbocycles. The van der Waals surface area contributed by atoms with Crippen molar-refractivity contribution in [2.45, 2.75) is 58.5 Å². The highest BCUT2D eigenvalue weighted by Crippen LogP contribution is 2.31. The van der Waals surface area contributed by atoms with Crippen LogP contribution in [0.25, 0.3) is 0 Å². The van der Waals surface area contributed by atoms with E-state index < -0.39 is 16.1 Å². The fourth-order valence-electron chi connectivity index (χ4n) is 3.92. The normalized spacial score (nSPS) is 12.2. The predicted molar refractivity (Wildman–Crippen MR) is 157 cm³/mol. The average molecular weight is 625 g/mol. The molecule has 1 N–H and O–H groups in total. The minimum absolute atomic E-state index is 0.000333. The van der Waals surface area contributed by atoms with E-state index in [2.05, 4.69) is 5.32 Å². The summed E-state index contributed by atoms with van der Waals surface area (Å²) in [5, 5.41) is 4.30. The van der Waals surface area contributed by atoms with Crippen LogP contribution in [-0.2, 0) is 26.2 Å². The van der Waals surface area contributed by atoms with Crippen molar-refractivity contribution in [3.8, 4) is 0 Å². The Labute approximate surface area is 245 Å². The molecule has 0 aliphatic heterocycles. The molecule has 0 saturated carbocycles. The zero-order valence-corrected chi connectivity index (χ0v) is 25.5. The van der Waals surface area contributed by atoms with Crippen molar-refractivity contribution in [3.05, 3.63) is 62.1 Å². The van der Waals surface area contributed by atoms with Crippen molar-refractivity contribution in [2.75, 3.05) is 23.7 Å². The third-order valence-electron chi connectivity index (χ3n) is 5.90. The summed E-state index contributed by atoms with van der Waals surface area (Å²) in [4.78, 5) is 28.0. The second-order valence-corrected chi connectivity index (χ2v) is 12.5. The van der Waals surface area contributed by atoms with Crippen LogP contribution in [0.2, 0.25) is 20.1 Å². The Morgan fingerprint density at radius 1 is 0.947 bits per heavy atom. The van der Waals surface area contributed by atoms with Crippen LogP contribution in [0.5, 0.6) is 0 Å². The van der Waals surface area contributed by atoms with Gasteiger partial charge in [-0.05, 0) is 55.2 Å². The van der Waals surface area contributed by atoms with Gasteiger partial charge in [0, 0.05) is 41.1 Å². The fourth-order valence-corrected chi connectivity index (χ4v) is 5.79. The number of benzene rings is 2. The van der Waals surface area contributed by atoms with Gasteiger partial charge in [0.1, 0.15) is 6.04 Å². The predicted octanol–water partition coefficient (Wildman–Crippen LogP) is 6.57. The van der Waals surface area contributed by atoms with E-state index in [1.54, 1.807) is 24.3 Å². The number of unbranched alkanes of at least 4 members (excludes halogenated alkanes) is 1. The van der Waals surface area contributed by atoms with Gasteiger partial charge in [0.05, 0.1) is 17.0 Å². The first kappa shape index (κ1) is 32.5. The van der Waals surface area contributed by atoms with Gasteiger partial charge >= 0.3 is 0 Å². The first-order valence-electron chi connectivity index (χ1n) is 12.3. The number of nitrogens with zero attached hydrogens (tertiary/aromatic N) is 2. The Hall–Kier alpha value is -1.71. The highest BCUT2D eigenvalue weighted by molar-refractivity contribution is 7.92. The number of carbonyl (C=O) groups is 2. The van der Waals surface area contributed by atoms with Gasteiger partial charge in [-0.1, -0.05) is 72.7 Å². The molecule has 0 radical (unpaired) electrons. The standard InChI is InChI=1S/C26H33Cl4N3O4S/c1-4-6-13-31-26(35)23(5-2)32(17-18-9-10-19(27)15-22(18)30)25(34)8-7-14-33(38(3,36)37)24-16-20(28)11-12-21(24)29/h9-12,15-16,23H,4-8,13-14,17H2,1-3H3,(H,31,35). The topological polar surface area (TPSA) is 86.8 Å². The number of rotatable bonds is 14. The summed E-state index contributed by atoms with van der Waals surface area (Å²) in [6, 6.07) is 8.80. The Balaban J connectivity index is 2.27. The van der Waals surface area contributed by atoms with Crippen molar-refractivity contribution in [2.24, 2.45) is 0 Å². The fraction of sp³-hybridized carbons (Fsp3) is 0.462. The van der Waals surface area contributed by atoms with Crippen LogP contribution in [0, 0.1) is 0 Å². The summed E-state index contributed by atoms with van der Waals surface area (Å²) in [7, 11) is -3.71. The van der Waals surface area contributed by atoms with Crippen LogP contribution in [0.1, 0.15) is 51.5 Å². The maximum Gasteiger partial charge on any atom is 0.242 e. The molecule has 2 amide bonds. The van der Waals surface area contributed by atoms with Crippen molar-refractivity contribution in [3.63, 3.8) is 0 Å². The smallest absolute Gasteiger partial charge is 0.242 e. The molecule has 2 rings (SSSR count). The van der Waals surface area contributed by atoms with Gasteiger partial charge in [-0.25, -0.2) is 8.42 Å². The van der Waals surface area contributed by atoms with E-state index in [0.717, 1.165) is 23.4 Å². The number of anilines is 1. The largest absolute Gasteiger partial charge is 0.354 e. The maximum atomic E-state index is 13.5. The molecule has 1 unspecified atom stereocenters. The van der Waals surface area contributed by atoms with E-state index in [1.807, 2.05) is 13.8 Å². The van der Waals surface area contributed by atoms with E-state index in [-0.39, 0.29) is 48.5 Å². The first-order chi connectivity index (χ1) is 17.9. The number of hydrogen-bond donors (Lipinski definition) is 1. The Morgan fingerprint density at radius 3 is 2.21 bits per heavy atom. The zero-order valence-electron chi connectivity index (χ0n) is 21.6. The van der Waals surface area contributed by atoms with Crippen LogP contribution in [0.4, 0.5) is 5.69 Å². The molecule has 1 atom stereocenters. The SMILES string of the molecule is CCCCNC(=O)C(CC)N(Cc1ccc(Cl)cc1Cl)C(=O)CCCN(c1cc(Cl)ccc1Cl)S(C)(=O)=O. The molecule has 0 bridgehead atoms. The quantitative estimate of drug-likeness (QED) is 0.241. The second kappa shape index (κ2) is 15.2. The molecule has 0 aromatic heterocycles. The Morgan fingerprint density at radius 2 is 1.61 bits per heavy atom. The highest BCUT2D eigenvalue weighted by atomic mass is 35.5. The molecule has 0 aliphatic rings. The van der Waals surface area contributed by atoms with E-state index in [4.69, 9.17) is 46.4 Å². The van der Waals surface area contributed by atoms with Gasteiger partial charge in [0.25, 0.3) is 0 Å². The molecule has 0 aliphatic carbocycles. The lowest BCUT2D eigenvalue weighted by molar-refractivity contribution is -0.141. The maximum absolute atomic E-state index is 13.5. The molecular weight excluding hydrogens is 592 g/mol. The van der Waals surface area contributed by atoms with Crippen LogP contribution in [-0.4, -0.2) is 50.5 Å². The number of hydrogen-bond acceptors (Lipinski definition) is 4. The number of sulfonamides is 1. The van der Waals surface area contributed by atoms with E-state index in [1.165, 1.54) is 17.0 Å². The summed E-state index contributed by atoms with van der Waals surface area (Å²) in [6.07, 6.45) is 3.39. The van der Waals surface area contributed by atoms with Crippen molar-refractivity contribution >= 4 is 73.9 Å². The van der Waals surface area contributed by atoms with Crippen LogP contribution >= 0.6 is 46.4 Å². The van der Waals surface area contributed by atoms with Gasteiger partial charge in [-0.2, -0.15) is 0 Å². The summed E-state index contributed by atoms with van der Waals surface area (Å²) in [5.74, 6) is -0.554. The third kappa shape index (κ3) is 9.49. The molecule has 12 heteroatoms. The Kier molecular flexibility index (Phi) is 13.0. The number of carbonyl (C=O) groups excluding carboxylic acids is 2. The average Bonchev–Trinajstić information content (AvgIpc) is 2.84. The molecular formula is C26H33Cl4N3O4S. The molecule has 0 saturated heterocycles. The summed E-state index contributed by atoms with van der Waals surface area (Å²) >= 11 is 24.7. The number of amides is 2. The molecule has 210 valence electrons. The van der Waals surface area contributed by atoms with Gasteiger partial charge < -0.3 is 10.2 Å². The lowest BCUT2D eigenvalue weighted by Gasteiger charge is -2.31. The van der Waals surface area contributed by atoms with Crippen LogP contribution in [0.3, 0.4) is 0 Å². The molecule has 0 heterocycles. The molecule has 0 spiro atoms. The molecule has 2 aromatic rings. The van der Waals surface area contributed by atoms with E-state index in [9.17, 15) is 18.0 Å². The minimum Gasteiger partial charge on any atom is -0.354 e. The van der Waals surface area contributed by atoms with Gasteiger partial charge in [-0.3, -0.25) is 13.9 Å². The lowest BCUT2D eigenvalue weighted by Crippen LogP contribution is -2.49. The highest BCUT2D eigenvalue weighted by Gasteiger charge is 2.29. The van der Waals surface area contributed by atoms with E-state index in [0.29, 0.717) is 33.6 Å². The molecule has 0 fully saturated rings. The molecule has 38 heavy (non-hydrogen) atoms. The van der Waals surface area contributed by atoms with Crippen LogP contribution in [0.15, 0.2) is 36.4 Å². The first-order valence-corrected chi connectivity index (χ1v) is 15.7. The summed E-state index contributed by atoms with van der Waals surface area (Å²) in [5.41, 5.74) is 0.883. The van der Waals surface area contributed by atoms with Crippen molar-refractivity contribution in [1.82, 2.24) is 10.2 Å². The molecule has 7 nitrogen and oxygen atoms in total. The number of halogens is 4. The monoisotopic (exact) mass is 623 g/mol. The third-order valence-corrected chi connectivity index (χ3v) is 8.22. The zero-order chi connectivity index (χ0) is 28.5. The number of nitrogens with one attached hydrogen (secondary N) is 1. The summed E-state index contributed by atoms with van der Waals surface area (Å²) in [6.45, 7) is 4.47. The summed E-state index contributed by atoms with van der Waals surface area (Å²) < 4.78 is 26.2. The second-order valence-electron chi connectivity index (χ2n) is 8.86. The Bertz CT molecular complexity index is 1230. The lowest BCUT2D eigenvalue weighted by atomic mass is 10.1. The van der Waals surface area contributed by atoms with Gasteiger partial charge in [-0.15, -0.1) is 0 Å². The minimum atomic E-state index is -3.71. The van der Waals surface area contributed by atoms with E-state index >= 15 is 0 Å².